The van der Waals surface area contributed by atoms with Crippen LogP contribution in [0.3, 0.4) is 0 Å². The normalized spacial score (nSPS) is 18.7. The van der Waals surface area contributed by atoms with Gasteiger partial charge in [0.25, 0.3) is 0 Å². The Labute approximate surface area is 151 Å². The molecule has 1 heterocycles. The highest BCUT2D eigenvalue weighted by atomic mass is 16.6. The smallest absolute Gasteiger partial charge is 0.351 e. The van der Waals surface area contributed by atoms with E-state index in [0.29, 0.717) is 17.1 Å². The van der Waals surface area contributed by atoms with E-state index in [1.807, 2.05) is 24.3 Å². The van der Waals surface area contributed by atoms with E-state index in [1.54, 1.807) is 25.1 Å². The molecule has 2 aliphatic rings. The Morgan fingerprint density at radius 2 is 1.85 bits per heavy atom. The van der Waals surface area contributed by atoms with Crippen LogP contribution in [0.25, 0.3) is 0 Å². The summed E-state index contributed by atoms with van der Waals surface area (Å²) >= 11 is 0. The Morgan fingerprint density at radius 3 is 2.69 bits per heavy atom. The Morgan fingerprint density at radius 1 is 1.08 bits per heavy atom. The molecule has 2 atom stereocenters. The van der Waals surface area contributed by atoms with E-state index >= 15 is 0 Å². The van der Waals surface area contributed by atoms with E-state index in [4.69, 9.17) is 14.2 Å². The monoisotopic (exact) mass is 352 g/mol. The maximum Gasteiger partial charge on any atom is 0.351 e. The number of carbonyl (C=O) groups excluding carboxylic acids is 2. The molecule has 0 unspecified atom stereocenters. The van der Waals surface area contributed by atoms with Crippen LogP contribution in [0.4, 0.5) is 0 Å². The summed E-state index contributed by atoms with van der Waals surface area (Å²) in [4.78, 5) is 25.0. The summed E-state index contributed by atoms with van der Waals surface area (Å²) in [5.74, 6) is 0.295. The number of ether oxygens (including phenoxy) is 3. The second-order valence-electron chi connectivity index (χ2n) is 6.64. The van der Waals surface area contributed by atoms with Crippen LogP contribution in [-0.2, 0) is 22.4 Å². The molecule has 1 aliphatic carbocycles. The third-order valence-corrected chi connectivity index (χ3v) is 4.82. The number of Topliss-reactive ketones (excluding diaryl/α,β-unsaturated/α-hetero) is 1. The lowest BCUT2D eigenvalue weighted by atomic mass is 10.0. The van der Waals surface area contributed by atoms with Crippen molar-refractivity contribution < 1.29 is 23.8 Å². The van der Waals surface area contributed by atoms with Gasteiger partial charge in [0.05, 0.1) is 0 Å². The number of fused-ring (bicyclic) bond motifs is 2. The van der Waals surface area contributed by atoms with Gasteiger partial charge in [-0.3, -0.25) is 4.79 Å². The lowest BCUT2D eigenvalue weighted by Gasteiger charge is -2.25. The lowest BCUT2D eigenvalue weighted by molar-refractivity contribution is -0.157. The van der Waals surface area contributed by atoms with Gasteiger partial charge < -0.3 is 14.2 Å². The van der Waals surface area contributed by atoms with E-state index in [-0.39, 0.29) is 12.4 Å². The number of rotatable bonds is 4. The average molecular weight is 352 g/mol. The molecule has 0 radical (unpaired) electrons. The molecule has 2 aromatic carbocycles. The molecule has 0 saturated heterocycles. The van der Waals surface area contributed by atoms with Crippen LogP contribution >= 0.6 is 0 Å². The first kappa shape index (κ1) is 16.6. The van der Waals surface area contributed by atoms with E-state index in [9.17, 15) is 9.59 Å². The fraction of sp³-hybridized carbons (Fsp3) is 0.333. The Balaban J connectivity index is 1.40. The van der Waals surface area contributed by atoms with Crippen molar-refractivity contribution >= 4 is 11.8 Å². The van der Waals surface area contributed by atoms with Crippen LogP contribution in [-0.4, -0.2) is 30.6 Å². The topological polar surface area (TPSA) is 61.8 Å². The number of para-hydroxylation sites is 2. The molecule has 0 spiro atoms. The summed E-state index contributed by atoms with van der Waals surface area (Å²) in [5.41, 5.74) is 3.10. The highest BCUT2D eigenvalue weighted by Crippen LogP contribution is 2.31. The molecule has 2 aromatic rings. The fourth-order valence-electron chi connectivity index (χ4n) is 3.40. The van der Waals surface area contributed by atoms with Crippen molar-refractivity contribution in [2.75, 3.05) is 6.61 Å². The van der Waals surface area contributed by atoms with Gasteiger partial charge in [-0.15, -0.1) is 0 Å². The van der Waals surface area contributed by atoms with Gasteiger partial charge in [-0.25, -0.2) is 4.79 Å². The molecule has 0 bridgehead atoms. The first-order valence-electron chi connectivity index (χ1n) is 8.87. The van der Waals surface area contributed by atoms with E-state index in [2.05, 4.69) is 0 Å². The molecular weight excluding hydrogens is 332 g/mol. The SMILES string of the molecule is C[C@H](OC(=O)[C@@H]1COc2ccccc2O1)C(=O)c1ccc2c(c1)CCC2. The Hall–Kier alpha value is -2.82. The lowest BCUT2D eigenvalue weighted by Crippen LogP contribution is -2.40. The Bertz CT molecular complexity index is 857. The van der Waals surface area contributed by atoms with Crippen molar-refractivity contribution in [3.05, 3.63) is 59.2 Å². The van der Waals surface area contributed by atoms with Gasteiger partial charge in [-0.2, -0.15) is 0 Å². The maximum atomic E-state index is 12.6. The zero-order valence-electron chi connectivity index (χ0n) is 14.6. The van der Waals surface area contributed by atoms with Gasteiger partial charge in [-0.1, -0.05) is 24.3 Å². The van der Waals surface area contributed by atoms with Crippen LogP contribution in [0.15, 0.2) is 42.5 Å². The molecule has 0 amide bonds. The third-order valence-electron chi connectivity index (χ3n) is 4.82. The molecule has 26 heavy (non-hydrogen) atoms. The zero-order valence-corrected chi connectivity index (χ0v) is 14.6. The van der Waals surface area contributed by atoms with Gasteiger partial charge >= 0.3 is 5.97 Å². The predicted octanol–water partition coefficient (Wildman–Crippen LogP) is 3.13. The summed E-state index contributed by atoms with van der Waals surface area (Å²) < 4.78 is 16.5. The molecule has 0 fully saturated rings. The summed E-state index contributed by atoms with van der Waals surface area (Å²) in [6, 6.07) is 12.9. The fourth-order valence-corrected chi connectivity index (χ4v) is 3.40. The number of ketones is 1. The number of hydrogen-bond acceptors (Lipinski definition) is 5. The van der Waals surface area contributed by atoms with Crippen molar-refractivity contribution in [2.24, 2.45) is 0 Å². The van der Waals surface area contributed by atoms with Crippen molar-refractivity contribution in [2.45, 2.75) is 38.4 Å². The highest BCUT2D eigenvalue weighted by Gasteiger charge is 2.31. The van der Waals surface area contributed by atoms with Crippen LogP contribution in [0, 0.1) is 0 Å². The first-order chi connectivity index (χ1) is 12.6. The minimum absolute atomic E-state index is 0.0651. The third kappa shape index (κ3) is 3.17. The maximum absolute atomic E-state index is 12.6. The van der Waals surface area contributed by atoms with Crippen molar-refractivity contribution in [3.8, 4) is 11.5 Å². The van der Waals surface area contributed by atoms with E-state index < -0.39 is 18.2 Å². The molecule has 134 valence electrons. The Kier molecular flexibility index (Phi) is 4.37. The molecule has 1 aliphatic heterocycles. The number of carbonyl (C=O) groups is 2. The molecule has 5 heteroatoms. The second-order valence-corrected chi connectivity index (χ2v) is 6.64. The number of hydrogen-bond donors (Lipinski definition) is 0. The first-order valence-corrected chi connectivity index (χ1v) is 8.87. The molecule has 0 aromatic heterocycles. The molecule has 5 nitrogen and oxygen atoms in total. The van der Waals surface area contributed by atoms with Gasteiger partial charge in [0.15, 0.2) is 17.6 Å². The molecular formula is C21H20O5. The second kappa shape index (κ2) is 6.83. The van der Waals surface area contributed by atoms with Crippen molar-refractivity contribution in [1.82, 2.24) is 0 Å². The molecule has 0 saturated carbocycles. The number of esters is 1. The molecule has 0 N–H and O–H groups in total. The summed E-state index contributed by atoms with van der Waals surface area (Å²) in [7, 11) is 0. The predicted molar refractivity (Wildman–Crippen MR) is 94.7 cm³/mol. The minimum Gasteiger partial charge on any atom is -0.485 e. The van der Waals surface area contributed by atoms with Gasteiger partial charge in [0.2, 0.25) is 11.9 Å². The van der Waals surface area contributed by atoms with Crippen LogP contribution < -0.4 is 9.47 Å². The van der Waals surface area contributed by atoms with E-state index in [1.165, 1.54) is 11.1 Å². The zero-order chi connectivity index (χ0) is 18.1. The number of aryl methyl sites for hydroxylation is 2. The van der Waals surface area contributed by atoms with Gasteiger partial charge in [-0.05, 0) is 55.5 Å². The largest absolute Gasteiger partial charge is 0.485 e. The van der Waals surface area contributed by atoms with Crippen LogP contribution in [0.2, 0.25) is 0 Å². The van der Waals surface area contributed by atoms with Gasteiger partial charge in [0.1, 0.15) is 6.61 Å². The summed E-state index contributed by atoms with van der Waals surface area (Å²) in [6.45, 7) is 1.65. The quantitative estimate of drug-likeness (QED) is 0.625. The van der Waals surface area contributed by atoms with Crippen molar-refractivity contribution in [3.63, 3.8) is 0 Å². The molecule has 4 rings (SSSR count). The number of benzene rings is 2. The van der Waals surface area contributed by atoms with Crippen molar-refractivity contribution in [1.29, 1.82) is 0 Å². The average Bonchev–Trinajstić information content (AvgIpc) is 3.14. The van der Waals surface area contributed by atoms with Gasteiger partial charge in [0, 0.05) is 5.56 Å². The van der Waals surface area contributed by atoms with E-state index in [0.717, 1.165) is 19.3 Å². The standard InChI is InChI=1S/C21H20O5/c1-13(20(22)16-10-9-14-5-4-6-15(14)11-16)25-21(23)19-12-24-17-7-2-3-8-18(17)26-19/h2-3,7-11,13,19H,4-6,12H2,1H3/t13-,19-/m0/s1. The summed E-state index contributed by atoms with van der Waals surface area (Å²) in [5, 5.41) is 0. The summed E-state index contributed by atoms with van der Waals surface area (Å²) in [6.07, 6.45) is 1.44. The highest BCUT2D eigenvalue weighted by molar-refractivity contribution is 6.00. The van der Waals surface area contributed by atoms with Crippen LogP contribution in [0.5, 0.6) is 11.5 Å². The minimum atomic E-state index is -0.875. The van der Waals surface area contributed by atoms with Crippen LogP contribution in [0.1, 0.15) is 34.8 Å².